The lowest BCUT2D eigenvalue weighted by atomic mass is 10.0. The van der Waals surface area contributed by atoms with Crippen LogP contribution in [-0.2, 0) is 6.42 Å². The van der Waals surface area contributed by atoms with Crippen molar-refractivity contribution in [2.24, 2.45) is 5.73 Å². The van der Waals surface area contributed by atoms with Crippen molar-refractivity contribution >= 4 is 50.0 Å². The van der Waals surface area contributed by atoms with Gasteiger partial charge in [-0.15, -0.1) is 0 Å². The van der Waals surface area contributed by atoms with E-state index in [2.05, 4.69) is 27.0 Å². The van der Waals surface area contributed by atoms with Gasteiger partial charge in [0.1, 0.15) is 0 Å². The Kier molecular flexibility index (Phi) is 5.32. The smallest absolute Gasteiger partial charge is 0.0666 e. The van der Waals surface area contributed by atoms with E-state index < -0.39 is 0 Å². The van der Waals surface area contributed by atoms with Gasteiger partial charge in [0.05, 0.1) is 21.3 Å². The molecule has 120 valence electrons. The van der Waals surface area contributed by atoms with Crippen LogP contribution in [0.3, 0.4) is 0 Å². The second-order valence-electron chi connectivity index (χ2n) is 5.48. The standard InChI is InChI=1S/C18H17BrCl2N2/c19-13-7-2-1-5-11(13)17-12(6-3-4-10-22)16-14(20)8-9-15(21)18(16)23-17/h1-2,5,7-9,23H,3-4,6,10,22H2. The molecule has 0 aliphatic heterocycles. The van der Waals surface area contributed by atoms with Gasteiger partial charge in [-0.25, -0.2) is 0 Å². The molecule has 1 aromatic heterocycles. The maximum absolute atomic E-state index is 6.47. The predicted octanol–water partition coefficient (Wildman–Crippen LogP) is 6.19. The summed E-state index contributed by atoms with van der Waals surface area (Å²) in [6.07, 6.45) is 2.91. The molecule has 0 atom stereocenters. The molecule has 0 saturated heterocycles. The molecule has 3 N–H and O–H groups in total. The van der Waals surface area contributed by atoms with Crippen molar-refractivity contribution in [3.63, 3.8) is 0 Å². The number of aromatic amines is 1. The van der Waals surface area contributed by atoms with Gasteiger partial charge in [0.25, 0.3) is 0 Å². The number of hydrogen-bond acceptors (Lipinski definition) is 1. The fraction of sp³-hybridized carbons (Fsp3) is 0.222. The number of fused-ring (bicyclic) bond motifs is 1. The zero-order valence-electron chi connectivity index (χ0n) is 12.5. The minimum Gasteiger partial charge on any atom is -0.353 e. The lowest BCUT2D eigenvalue weighted by Gasteiger charge is -2.07. The number of rotatable bonds is 5. The van der Waals surface area contributed by atoms with Crippen molar-refractivity contribution in [3.8, 4) is 11.3 Å². The van der Waals surface area contributed by atoms with E-state index in [9.17, 15) is 0 Å². The van der Waals surface area contributed by atoms with Gasteiger partial charge < -0.3 is 10.7 Å². The first kappa shape index (κ1) is 16.8. The number of H-pyrrole nitrogens is 1. The van der Waals surface area contributed by atoms with Crippen LogP contribution in [0.5, 0.6) is 0 Å². The van der Waals surface area contributed by atoms with Crippen LogP contribution in [0.25, 0.3) is 22.2 Å². The van der Waals surface area contributed by atoms with Crippen molar-refractivity contribution in [1.29, 1.82) is 0 Å². The normalized spacial score (nSPS) is 11.3. The van der Waals surface area contributed by atoms with Gasteiger partial charge in [-0.05, 0) is 49.6 Å². The maximum Gasteiger partial charge on any atom is 0.0666 e. The molecule has 2 aromatic carbocycles. The highest BCUT2D eigenvalue weighted by Crippen LogP contribution is 2.40. The second kappa shape index (κ2) is 7.27. The van der Waals surface area contributed by atoms with E-state index in [0.717, 1.165) is 50.9 Å². The maximum atomic E-state index is 6.47. The zero-order chi connectivity index (χ0) is 16.4. The van der Waals surface area contributed by atoms with Crippen molar-refractivity contribution in [2.75, 3.05) is 6.54 Å². The molecule has 0 unspecified atom stereocenters. The van der Waals surface area contributed by atoms with Gasteiger partial charge in [0.15, 0.2) is 0 Å². The summed E-state index contributed by atoms with van der Waals surface area (Å²) in [6.45, 7) is 0.696. The molecular weight excluding hydrogens is 395 g/mol. The van der Waals surface area contributed by atoms with Crippen LogP contribution in [0.4, 0.5) is 0 Å². The lowest BCUT2D eigenvalue weighted by molar-refractivity contribution is 0.748. The minimum atomic E-state index is 0.683. The summed E-state index contributed by atoms with van der Waals surface area (Å²) in [4.78, 5) is 3.48. The quantitative estimate of drug-likeness (QED) is 0.483. The van der Waals surface area contributed by atoms with E-state index in [1.165, 1.54) is 5.56 Å². The summed E-state index contributed by atoms with van der Waals surface area (Å²) >= 11 is 16.5. The lowest BCUT2D eigenvalue weighted by Crippen LogP contribution is -1.99. The third-order valence-corrected chi connectivity index (χ3v) is 5.30. The average Bonchev–Trinajstić information content (AvgIpc) is 2.92. The van der Waals surface area contributed by atoms with Crippen LogP contribution in [0, 0.1) is 0 Å². The summed E-state index contributed by atoms with van der Waals surface area (Å²) in [5.74, 6) is 0. The second-order valence-corrected chi connectivity index (χ2v) is 7.15. The first-order chi connectivity index (χ1) is 11.1. The zero-order valence-corrected chi connectivity index (χ0v) is 15.6. The fourth-order valence-corrected chi connectivity index (χ4v) is 3.84. The minimum absolute atomic E-state index is 0.683. The van der Waals surface area contributed by atoms with E-state index in [1.54, 1.807) is 0 Å². The Bertz CT molecular complexity index is 842. The van der Waals surface area contributed by atoms with Gasteiger partial charge in [0.2, 0.25) is 0 Å². The van der Waals surface area contributed by atoms with E-state index in [-0.39, 0.29) is 0 Å². The summed E-state index contributed by atoms with van der Waals surface area (Å²) in [5, 5.41) is 2.42. The Balaban J connectivity index is 2.24. The van der Waals surface area contributed by atoms with Gasteiger partial charge in [-0.1, -0.05) is 57.3 Å². The highest BCUT2D eigenvalue weighted by Gasteiger charge is 2.18. The predicted molar refractivity (Wildman–Crippen MR) is 103 cm³/mol. The van der Waals surface area contributed by atoms with E-state index in [0.29, 0.717) is 11.6 Å². The van der Waals surface area contributed by atoms with E-state index >= 15 is 0 Å². The van der Waals surface area contributed by atoms with Crippen LogP contribution >= 0.6 is 39.1 Å². The molecule has 5 heteroatoms. The van der Waals surface area contributed by atoms with Crippen LogP contribution < -0.4 is 5.73 Å². The molecule has 23 heavy (non-hydrogen) atoms. The molecule has 3 aromatic rings. The SMILES string of the molecule is NCCCCc1c(-c2ccccc2Br)[nH]c2c(Cl)ccc(Cl)c12. The van der Waals surface area contributed by atoms with Crippen molar-refractivity contribution in [1.82, 2.24) is 4.98 Å². The first-order valence-electron chi connectivity index (χ1n) is 7.57. The Labute approximate surface area is 154 Å². The average molecular weight is 412 g/mol. The summed E-state index contributed by atoms with van der Waals surface area (Å²) in [5.41, 5.74) is 9.92. The first-order valence-corrected chi connectivity index (χ1v) is 9.12. The van der Waals surface area contributed by atoms with Crippen LogP contribution in [0.2, 0.25) is 10.0 Å². The highest BCUT2D eigenvalue weighted by atomic mass is 79.9. The summed E-state index contributed by atoms with van der Waals surface area (Å²) in [6, 6.07) is 11.8. The van der Waals surface area contributed by atoms with Gasteiger partial charge in [-0.2, -0.15) is 0 Å². The number of nitrogens with one attached hydrogen (secondary N) is 1. The monoisotopic (exact) mass is 410 g/mol. The molecule has 1 heterocycles. The molecular formula is C18H17BrCl2N2. The largest absolute Gasteiger partial charge is 0.353 e. The molecule has 0 spiro atoms. The van der Waals surface area contributed by atoms with E-state index in [4.69, 9.17) is 28.9 Å². The van der Waals surface area contributed by atoms with Crippen molar-refractivity contribution in [2.45, 2.75) is 19.3 Å². The molecule has 0 radical (unpaired) electrons. The third-order valence-electron chi connectivity index (χ3n) is 3.98. The Morgan fingerprint density at radius 1 is 1.00 bits per heavy atom. The molecule has 0 saturated carbocycles. The molecule has 0 aliphatic carbocycles. The molecule has 0 aliphatic rings. The summed E-state index contributed by atoms with van der Waals surface area (Å²) < 4.78 is 1.04. The van der Waals surface area contributed by atoms with Crippen molar-refractivity contribution in [3.05, 3.63) is 56.5 Å². The highest BCUT2D eigenvalue weighted by molar-refractivity contribution is 9.10. The van der Waals surface area contributed by atoms with Crippen molar-refractivity contribution < 1.29 is 0 Å². The number of aromatic nitrogens is 1. The molecule has 0 amide bonds. The van der Waals surface area contributed by atoms with Gasteiger partial charge >= 0.3 is 0 Å². The number of aryl methyl sites for hydroxylation is 1. The van der Waals surface area contributed by atoms with Gasteiger partial charge in [-0.3, -0.25) is 0 Å². The fourth-order valence-electron chi connectivity index (χ4n) is 2.88. The number of halogens is 3. The molecule has 0 fully saturated rings. The summed E-state index contributed by atoms with van der Waals surface area (Å²) in [7, 11) is 0. The Morgan fingerprint density at radius 3 is 2.48 bits per heavy atom. The number of unbranched alkanes of at least 4 members (excludes halogenated alkanes) is 1. The molecule has 0 bridgehead atoms. The van der Waals surface area contributed by atoms with Gasteiger partial charge in [0, 0.05) is 15.4 Å². The van der Waals surface area contributed by atoms with Crippen LogP contribution in [0.1, 0.15) is 18.4 Å². The Morgan fingerprint density at radius 2 is 1.74 bits per heavy atom. The number of hydrogen-bond donors (Lipinski definition) is 2. The van der Waals surface area contributed by atoms with Crippen LogP contribution in [-0.4, -0.2) is 11.5 Å². The number of nitrogens with two attached hydrogens (primary N) is 1. The topological polar surface area (TPSA) is 41.8 Å². The van der Waals surface area contributed by atoms with Crippen LogP contribution in [0.15, 0.2) is 40.9 Å². The number of benzene rings is 2. The molecule has 3 rings (SSSR count). The molecule has 2 nitrogen and oxygen atoms in total. The van der Waals surface area contributed by atoms with E-state index in [1.807, 2.05) is 30.3 Å². The Hall–Kier alpha value is -1.00. The third kappa shape index (κ3) is 3.29.